The Morgan fingerprint density at radius 1 is 1.10 bits per heavy atom. The lowest BCUT2D eigenvalue weighted by Crippen LogP contribution is -2.21. The number of aromatic nitrogens is 4. The van der Waals surface area contributed by atoms with Crippen LogP contribution in [0, 0.1) is 5.92 Å². The number of aromatic amines is 1. The predicted molar refractivity (Wildman–Crippen MR) is 114 cm³/mol. The molecule has 150 valence electrons. The van der Waals surface area contributed by atoms with Crippen LogP contribution in [0.25, 0.3) is 11.0 Å². The van der Waals surface area contributed by atoms with Crippen molar-refractivity contribution in [2.24, 2.45) is 5.92 Å². The molecule has 1 aliphatic rings. The molecule has 2 aromatic carbocycles. The highest BCUT2D eigenvalue weighted by molar-refractivity contribution is 6.08. The highest BCUT2D eigenvalue weighted by Gasteiger charge is 2.23. The summed E-state index contributed by atoms with van der Waals surface area (Å²) < 4.78 is 6.00. The van der Waals surface area contributed by atoms with Crippen molar-refractivity contribution in [3.05, 3.63) is 72.3 Å². The summed E-state index contributed by atoms with van der Waals surface area (Å²) in [5, 5.41) is 0. The summed E-state index contributed by atoms with van der Waals surface area (Å²) in [4.78, 5) is 31.3. The van der Waals surface area contributed by atoms with Gasteiger partial charge >= 0.3 is 0 Å². The third-order valence-electron chi connectivity index (χ3n) is 5.31. The molecule has 7 heteroatoms. The Labute approximate surface area is 173 Å². The van der Waals surface area contributed by atoms with E-state index in [0.717, 1.165) is 36.4 Å². The quantitative estimate of drug-likeness (QED) is 0.506. The van der Waals surface area contributed by atoms with E-state index in [1.54, 1.807) is 36.7 Å². The Bertz CT molecular complexity index is 1170. The summed E-state index contributed by atoms with van der Waals surface area (Å²) in [7, 11) is 0. The fourth-order valence-electron chi connectivity index (χ4n) is 3.72. The summed E-state index contributed by atoms with van der Waals surface area (Å²) >= 11 is 0. The molecule has 0 aliphatic carbocycles. The molecule has 1 fully saturated rings. The zero-order valence-electron chi connectivity index (χ0n) is 16.6. The lowest BCUT2D eigenvalue weighted by atomic mass is 10.1. The summed E-state index contributed by atoms with van der Waals surface area (Å²) in [6.45, 7) is 4.12. The van der Waals surface area contributed by atoms with Gasteiger partial charge in [0.05, 0.1) is 11.0 Å². The van der Waals surface area contributed by atoms with Gasteiger partial charge in [-0.2, -0.15) is 0 Å². The largest absolute Gasteiger partial charge is 0.436 e. The Morgan fingerprint density at radius 2 is 1.90 bits per heavy atom. The van der Waals surface area contributed by atoms with E-state index < -0.39 is 0 Å². The van der Waals surface area contributed by atoms with E-state index in [4.69, 9.17) is 4.74 Å². The molecule has 0 amide bonds. The maximum Gasteiger partial charge on any atom is 0.263 e. The van der Waals surface area contributed by atoms with Crippen molar-refractivity contribution in [1.82, 2.24) is 19.9 Å². The van der Waals surface area contributed by atoms with Crippen molar-refractivity contribution in [2.45, 2.75) is 13.3 Å². The van der Waals surface area contributed by atoms with Crippen LogP contribution in [0.15, 0.2) is 60.9 Å². The highest BCUT2D eigenvalue weighted by atomic mass is 16.5. The van der Waals surface area contributed by atoms with E-state index in [1.807, 2.05) is 24.3 Å². The van der Waals surface area contributed by atoms with Crippen LogP contribution in [0.2, 0.25) is 0 Å². The van der Waals surface area contributed by atoms with Crippen molar-refractivity contribution in [2.75, 3.05) is 18.0 Å². The number of para-hydroxylation sites is 2. The molecule has 7 nitrogen and oxygen atoms in total. The van der Waals surface area contributed by atoms with Crippen molar-refractivity contribution in [3.8, 4) is 11.6 Å². The molecule has 2 aromatic heterocycles. The molecule has 0 unspecified atom stereocenters. The van der Waals surface area contributed by atoms with Crippen LogP contribution < -0.4 is 9.64 Å². The summed E-state index contributed by atoms with van der Waals surface area (Å²) in [5.41, 5.74) is 2.15. The lowest BCUT2D eigenvalue weighted by molar-refractivity contribution is 0.103. The first kappa shape index (κ1) is 18.3. The number of ether oxygens (including phenoxy) is 1. The molecular weight excluding hydrogens is 378 g/mol. The van der Waals surface area contributed by atoms with Crippen molar-refractivity contribution in [3.63, 3.8) is 0 Å². The fourth-order valence-corrected chi connectivity index (χ4v) is 3.72. The Morgan fingerprint density at radius 3 is 2.67 bits per heavy atom. The molecule has 5 rings (SSSR count). The third-order valence-corrected chi connectivity index (χ3v) is 5.31. The van der Waals surface area contributed by atoms with E-state index in [-0.39, 0.29) is 5.78 Å². The fraction of sp³-hybridized carbons (Fsp3) is 0.217. The third kappa shape index (κ3) is 3.50. The van der Waals surface area contributed by atoms with Gasteiger partial charge < -0.3 is 14.6 Å². The van der Waals surface area contributed by atoms with Crippen LogP contribution in [0.3, 0.4) is 0 Å². The molecule has 0 spiro atoms. The summed E-state index contributed by atoms with van der Waals surface area (Å²) in [6, 6.07) is 14.6. The highest BCUT2D eigenvalue weighted by Crippen LogP contribution is 2.31. The van der Waals surface area contributed by atoms with Crippen LogP contribution in [0.5, 0.6) is 11.6 Å². The number of nitrogens with one attached hydrogen (secondary N) is 1. The minimum atomic E-state index is -0.163. The number of anilines is 1. The smallest absolute Gasteiger partial charge is 0.263 e. The Kier molecular flexibility index (Phi) is 4.63. The average Bonchev–Trinajstić information content (AvgIpc) is 3.40. The first-order chi connectivity index (χ1) is 14.7. The summed E-state index contributed by atoms with van der Waals surface area (Å²) in [5.74, 6) is 2.62. The molecule has 0 radical (unpaired) electrons. The minimum Gasteiger partial charge on any atom is -0.436 e. The van der Waals surface area contributed by atoms with Crippen LogP contribution in [-0.2, 0) is 0 Å². The second-order valence-corrected chi connectivity index (χ2v) is 7.58. The SMILES string of the molecule is C[C@@H]1CCN(c2nccnc2Oc2ccc(C(=O)c3nc4ccccc4[nH]3)cc2)C1. The molecular formula is C23H21N5O2. The van der Waals surface area contributed by atoms with Crippen LogP contribution in [0.1, 0.15) is 29.5 Å². The summed E-state index contributed by atoms with van der Waals surface area (Å²) in [6.07, 6.45) is 4.44. The van der Waals surface area contributed by atoms with Gasteiger partial charge in [0, 0.05) is 31.0 Å². The van der Waals surface area contributed by atoms with E-state index >= 15 is 0 Å². The van der Waals surface area contributed by atoms with Crippen molar-refractivity contribution < 1.29 is 9.53 Å². The Balaban J connectivity index is 1.35. The predicted octanol–water partition coefficient (Wildman–Crippen LogP) is 4.22. The standard InChI is InChI=1S/C23H21N5O2/c1-15-10-13-28(14-15)22-23(25-12-11-24-22)30-17-8-6-16(7-9-17)20(29)21-26-18-4-2-3-5-19(18)27-21/h2-9,11-12,15H,10,13-14H2,1H3,(H,26,27)/t15-/m1/s1. The van der Waals surface area contributed by atoms with Gasteiger partial charge in [-0.1, -0.05) is 19.1 Å². The van der Waals surface area contributed by atoms with Gasteiger partial charge in [-0.25, -0.2) is 15.0 Å². The number of hydrogen-bond donors (Lipinski definition) is 1. The number of carbonyl (C=O) groups excluding carboxylic acids is 1. The van der Waals surface area contributed by atoms with Gasteiger partial charge in [-0.3, -0.25) is 4.79 Å². The van der Waals surface area contributed by atoms with E-state index in [0.29, 0.717) is 28.9 Å². The maximum absolute atomic E-state index is 12.8. The number of rotatable bonds is 5. The van der Waals surface area contributed by atoms with Crippen molar-refractivity contribution in [1.29, 1.82) is 0 Å². The lowest BCUT2D eigenvalue weighted by Gasteiger charge is -2.19. The van der Waals surface area contributed by atoms with Gasteiger partial charge in [0.1, 0.15) is 5.75 Å². The number of benzene rings is 2. The molecule has 0 bridgehead atoms. The van der Waals surface area contributed by atoms with Crippen LogP contribution in [-0.4, -0.2) is 38.8 Å². The molecule has 1 aliphatic heterocycles. The second-order valence-electron chi connectivity index (χ2n) is 7.58. The molecule has 30 heavy (non-hydrogen) atoms. The average molecular weight is 399 g/mol. The number of ketones is 1. The van der Waals surface area contributed by atoms with Crippen LogP contribution >= 0.6 is 0 Å². The minimum absolute atomic E-state index is 0.163. The number of hydrogen-bond acceptors (Lipinski definition) is 6. The normalized spacial score (nSPS) is 16.2. The number of nitrogens with zero attached hydrogens (tertiary/aromatic N) is 4. The van der Waals surface area contributed by atoms with Crippen LogP contribution in [0.4, 0.5) is 5.82 Å². The zero-order chi connectivity index (χ0) is 20.5. The monoisotopic (exact) mass is 399 g/mol. The number of imidazole rings is 1. The Hall–Kier alpha value is -3.74. The molecule has 1 N–H and O–H groups in total. The maximum atomic E-state index is 12.8. The molecule has 3 heterocycles. The molecule has 1 saturated heterocycles. The van der Waals surface area contributed by atoms with E-state index in [2.05, 4.69) is 31.8 Å². The van der Waals surface area contributed by atoms with Gasteiger partial charge in [-0.15, -0.1) is 0 Å². The molecule has 4 aromatic rings. The van der Waals surface area contributed by atoms with E-state index in [9.17, 15) is 4.79 Å². The first-order valence-corrected chi connectivity index (χ1v) is 10.0. The van der Waals surface area contributed by atoms with E-state index in [1.165, 1.54) is 0 Å². The number of carbonyl (C=O) groups is 1. The zero-order valence-corrected chi connectivity index (χ0v) is 16.6. The van der Waals surface area contributed by atoms with Crippen molar-refractivity contribution >= 4 is 22.6 Å². The number of H-pyrrole nitrogens is 1. The topological polar surface area (TPSA) is 84.0 Å². The second kappa shape index (κ2) is 7.59. The number of fused-ring (bicyclic) bond motifs is 1. The first-order valence-electron chi connectivity index (χ1n) is 10.0. The van der Waals surface area contributed by atoms with Gasteiger partial charge in [-0.05, 0) is 48.7 Å². The van der Waals surface area contributed by atoms with Gasteiger partial charge in [0.15, 0.2) is 11.6 Å². The molecule has 1 atom stereocenters. The molecule has 0 saturated carbocycles. The van der Waals surface area contributed by atoms with Gasteiger partial charge in [0.2, 0.25) is 5.78 Å². The van der Waals surface area contributed by atoms with Gasteiger partial charge in [0.25, 0.3) is 5.88 Å².